The number of ether oxygens (including phenoxy) is 1. The smallest absolute Gasteiger partial charge is 0.119 e. The summed E-state index contributed by atoms with van der Waals surface area (Å²) in [4.78, 5) is 0. The molecule has 1 aromatic carbocycles. The Morgan fingerprint density at radius 3 is 2.56 bits per heavy atom. The molecule has 1 aliphatic rings. The van der Waals surface area contributed by atoms with E-state index in [4.69, 9.17) is 4.74 Å². The molecule has 0 bridgehead atoms. The fourth-order valence-corrected chi connectivity index (χ4v) is 2.75. The topological polar surface area (TPSA) is 29.5 Å². The second-order valence-electron chi connectivity index (χ2n) is 5.27. The molecule has 1 unspecified atom stereocenters. The predicted molar refractivity (Wildman–Crippen MR) is 73.8 cm³/mol. The molecule has 18 heavy (non-hydrogen) atoms. The van der Waals surface area contributed by atoms with Crippen molar-refractivity contribution < 1.29 is 9.84 Å². The van der Waals surface area contributed by atoms with Gasteiger partial charge in [0, 0.05) is 0 Å². The van der Waals surface area contributed by atoms with E-state index in [1.807, 2.05) is 30.3 Å². The van der Waals surface area contributed by atoms with Crippen LogP contribution in [0, 0.1) is 5.92 Å². The highest BCUT2D eigenvalue weighted by Crippen LogP contribution is 2.28. The van der Waals surface area contributed by atoms with Gasteiger partial charge in [-0.2, -0.15) is 0 Å². The van der Waals surface area contributed by atoms with Crippen LogP contribution >= 0.6 is 0 Å². The van der Waals surface area contributed by atoms with Crippen LogP contribution in [0.1, 0.15) is 44.9 Å². The van der Waals surface area contributed by atoms with Crippen LogP contribution in [0.3, 0.4) is 0 Å². The third kappa shape index (κ3) is 4.34. The van der Waals surface area contributed by atoms with E-state index in [1.54, 1.807) is 0 Å². The number of aliphatic hydroxyl groups is 1. The van der Waals surface area contributed by atoms with Crippen molar-refractivity contribution >= 4 is 0 Å². The maximum atomic E-state index is 10.1. The highest BCUT2D eigenvalue weighted by atomic mass is 16.5. The number of rotatable bonds is 6. The number of hydrogen-bond donors (Lipinski definition) is 1. The first-order valence-electron chi connectivity index (χ1n) is 7.22. The molecule has 1 aliphatic carbocycles. The Bertz CT molecular complexity index is 317. The molecule has 1 atom stereocenters. The highest BCUT2D eigenvalue weighted by molar-refractivity contribution is 5.20. The molecule has 0 heterocycles. The SMILES string of the molecule is OC(CCCOc1ccccc1)C1CCCCC1. The second kappa shape index (κ2) is 7.42. The minimum absolute atomic E-state index is 0.121. The Hall–Kier alpha value is -1.02. The summed E-state index contributed by atoms with van der Waals surface area (Å²) in [6, 6.07) is 9.88. The monoisotopic (exact) mass is 248 g/mol. The van der Waals surface area contributed by atoms with Crippen LogP contribution in [0.4, 0.5) is 0 Å². The van der Waals surface area contributed by atoms with E-state index >= 15 is 0 Å². The van der Waals surface area contributed by atoms with Gasteiger partial charge in [0.1, 0.15) is 5.75 Å². The number of aliphatic hydroxyl groups excluding tert-OH is 1. The largest absolute Gasteiger partial charge is 0.494 e. The van der Waals surface area contributed by atoms with E-state index in [0.717, 1.165) is 18.6 Å². The number of benzene rings is 1. The van der Waals surface area contributed by atoms with Crippen LogP contribution in [-0.4, -0.2) is 17.8 Å². The van der Waals surface area contributed by atoms with E-state index in [-0.39, 0.29) is 6.10 Å². The second-order valence-corrected chi connectivity index (χ2v) is 5.27. The maximum absolute atomic E-state index is 10.1. The molecule has 0 spiro atoms. The van der Waals surface area contributed by atoms with Crippen molar-refractivity contribution in [2.75, 3.05) is 6.61 Å². The first-order valence-corrected chi connectivity index (χ1v) is 7.22. The Morgan fingerprint density at radius 1 is 1.11 bits per heavy atom. The Kier molecular flexibility index (Phi) is 5.53. The fraction of sp³-hybridized carbons (Fsp3) is 0.625. The fourth-order valence-electron chi connectivity index (χ4n) is 2.75. The van der Waals surface area contributed by atoms with E-state index in [9.17, 15) is 5.11 Å². The molecular formula is C16H24O2. The van der Waals surface area contributed by atoms with Crippen molar-refractivity contribution in [1.29, 1.82) is 0 Å². The summed E-state index contributed by atoms with van der Waals surface area (Å²) >= 11 is 0. The molecule has 0 saturated heterocycles. The summed E-state index contributed by atoms with van der Waals surface area (Å²) in [6.07, 6.45) is 8.04. The lowest BCUT2D eigenvalue weighted by atomic mass is 9.84. The summed E-state index contributed by atoms with van der Waals surface area (Å²) in [6.45, 7) is 0.702. The van der Waals surface area contributed by atoms with Crippen LogP contribution in [-0.2, 0) is 0 Å². The van der Waals surface area contributed by atoms with E-state index in [2.05, 4.69) is 0 Å². The highest BCUT2D eigenvalue weighted by Gasteiger charge is 2.20. The summed E-state index contributed by atoms with van der Waals surface area (Å²) in [5.74, 6) is 1.46. The zero-order valence-corrected chi connectivity index (χ0v) is 11.1. The van der Waals surface area contributed by atoms with Crippen molar-refractivity contribution in [3.8, 4) is 5.75 Å². The molecule has 1 aromatic rings. The van der Waals surface area contributed by atoms with Crippen molar-refractivity contribution in [2.24, 2.45) is 5.92 Å². The lowest BCUT2D eigenvalue weighted by Gasteiger charge is -2.26. The molecule has 1 fully saturated rings. The van der Waals surface area contributed by atoms with Crippen LogP contribution in [0.15, 0.2) is 30.3 Å². The Morgan fingerprint density at radius 2 is 1.83 bits per heavy atom. The van der Waals surface area contributed by atoms with Gasteiger partial charge >= 0.3 is 0 Å². The van der Waals surface area contributed by atoms with Crippen LogP contribution in [0.5, 0.6) is 5.75 Å². The molecule has 1 saturated carbocycles. The van der Waals surface area contributed by atoms with Crippen LogP contribution in [0.2, 0.25) is 0 Å². The van der Waals surface area contributed by atoms with Gasteiger partial charge in [-0.25, -0.2) is 0 Å². The van der Waals surface area contributed by atoms with Crippen molar-refractivity contribution in [3.05, 3.63) is 30.3 Å². The molecule has 1 N–H and O–H groups in total. The minimum atomic E-state index is -0.121. The lowest BCUT2D eigenvalue weighted by Crippen LogP contribution is -2.23. The molecule has 100 valence electrons. The summed E-state index contributed by atoms with van der Waals surface area (Å²) < 4.78 is 5.63. The first-order chi connectivity index (χ1) is 8.86. The average Bonchev–Trinajstić information content (AvgIpc) is 2.45. The molecule has 0 amide bonds. The molecule has 2 nitrogen and oxygen atoms in total. The van der Waals surface area contributed by atoms with Gasteiger partial charge < -0.3 is 9.84 Å². The van der Waals surface area contributed by atoms with Gasteiger partial charge in [0.05, 0.1) is 12.7 Å². The average molecular weight is 248 g/mol. The normalized spacial score (nSPS) is 18.5. The van der Waals surface area contributed by atoms with Gasteiger partial charge in [-0.15, -0.1) is 0 Å². The van der Waals surface area contributed by atoms with Gasteiger partial charge in [0.25, 0.3) is 0 Å². The van der Waals surface area contributed by atoms with Gasteiger partial charge in [0.2, 0.25) is 0 Å². The van der Waals surface area contributed by atoms with E-state index in [0.29, 0.717) is 12.5 Å². The van der Waals surface area contributed by atoms with Crippen molar-refractivity contribution in [1.82, 2.24) is 0 Å². The van der Waals surface area contributed by atoms with E-state index in [1.165, 1.54) is 32.1 Å². The van der Waals surface area contributed by atoms with Crippen molar-refractivity contribution in [3.63, 3.8) is 0 Å². The lowest BCUT2D eigenvalue weighted by molar-refractivity contribution is 0.0715. The number of para-hydroxylation sites is 1. The van der Waals surface area contributed by atoms with Crippen LogP contribution in [0.25, 0.3) is 0 Å². The zero-order chi connectivity index (χ0) is 12.6. The summed E-state index contributed by atoms with van der Waals surface area (Å²) in [7, 11) is 0. The predicted octanol–water partition coefficient (Wildman–Crippen LogP) is 3.79. The van der Waals surface area contributed by atoms with E-state index < -0.39 is 0 Å². The summed E-state index contributed by atoms with van der Waals surface area (Å²) in [5.41, 5.74) is 0. The van der Waals surface area contributed by atoms with Gasteiger partial charge in [0.15, 0.2) is 0 Å². The van der Waals surface area contributed by atoms with Gasteiger partial charge in [-0.1, -0.05) is 37.5 Å². The zero-order valence-electron chi connectivity index (χ0n) is 11.1. The van der Waals surface area contributed by atoms with Crippen LogP contribution < -0.4 is 4.74 Å². The molecular weight excluding hydrogens is 224 g/mol. The maximum Gasteiger partial charge on any atom is 0.119 e. The van der Waals surface area contributed by atoms with Gasteiger partial charge in [-0.3, -0.25) is 0 Å². The van der Waals surface area contributed by atoms with Crippen molar-refractivity contribution in [2.45, 2.75) is 51.0 Å². The molecule has 0 radical (unpaired) electrons. The molecule has 0 aliphatic heterocycles. The third-order valence-corrected chi connectivity index (χ3v) is 3.85. The van der Waals surface area contributed by atoms with Gasteiger partial charge in [-0.05, 0) is 43.7 Å². The Balaban J connectivity index is 1.60. The Labute approximate surface area is 110 Å². The summed E-state index contributed by atoms with van der Waals surface area (Å²) in [5, 5.41) is 10.1. The number of hydrogen-bond acceptors (Lipinski definition) is 2. The minimum Gasteiger partial charge on any atom is -0.494 e. The quantitative estimate of drug-likeness (QED) is 0.776. The third-order valence-electron chi connectivity index (χ3n) is 3.85. The molecule has 2 rings (SSSR count). The standard InChI is InChI=1S/C16H24O2/c17-16(14-8-3-1-4-9-14)12-7-13-18-15-10-5-2-6-11-15/h2,5-6,10-11,14,16-17H,1,3-4,7-9,12-13H2. The molecule has 0 aromatic heterocycles. The first kappa shape index (κ1) is 13.4. The molecule has 2 heteroatoms.